The van der Waals surface area contributed by atoms with E-state index < -0.39 is 0 Å². The second-order valence-electron chi connectivity index (χ2n) is 8.49. The van der Waals surface area contributed by atoms with Gasteiger partial charge in [-0.3, -0.25) is 14.6 Å². The van der Waals surface area contributed by atoms with E-state index in [4.69, 9.17) is 0 Å². The minimum atomic E-state index is -0.146. The van der Waals surface area contributed by atoms with Crippen molar-refractivity contribution in [2.75, 3.05) is 11.9 Å². The summed E-state index contributed by atoms with van der Waals surface area (Å²) in [4.78, 5) is 31.6. The molecule has 0 bridgehead atoms. The number of amides is 1. The van der Waals surface area contributed by atoms with Gasteiger partial charge < -0.3 is 9.47 Å². The third-order valence-corrected chi connectivity index (χ3v) is 5.85. The molecule has 0 fully saturated rings. The van der Waals surface area contributed by atoms with Gasteiger partial charge in [0, 0.05) is 30.7 Å². The van der Waals surface area contributed by atoms with Gasteiger partial charge in [-0.15, -0.1) is 0 Å². The van der Waals surface area contributed by atoms with Gasteiger partial charge in [-0.25, -0.2) is 0 Å². The molecule has 5 heteroatoms. The van der Waals surface area contributed by atoms with Crippen molar-refractivity contribution in [2.24, 2.45) is 4.99 Å². The Morgan fingerprint density at radius 1 is 1.06 bits per heavy atom. The van der Waals surface area contributed by atoms with Gasteiger partial charge in [0.15, 0.2) is 0 Å². The summed E-state index contributed by atoms with van der Waals surface area (Å²) >= 11 is 0. The maximum absolute atomic E-state index is 13.3. The molecule has 31 heavy (non-hydrogen) atoms. The molecule has 0 aliphatic carbocycles. The number of carbonyl (C=O) groups is 1. The molecule has 1 heterocycles. The molecule has 0 spiro atoms. The van der Waals surface area contributed by atoms with Crippen LogP contribution in [0.1, 0.15) is 67.9 Å². The minimum Gasteiger partial charge on any atom is -0.311 e. The standard InChI is InChI=1S/C26H31N3O2/c1-8-29-24-12-10-19(14-22(24)21(17(4)5)15-25(29)30)28(7)26(31)20-11-9-18(16(2)3)13-23(20)27-6/h9-17H,6,8H2,1-5,7H3. The van der Waals surface area contributed by atoms with Crippen LogP contribution in [0.2, 0.25) is 0 Å². The smallest absolute Gasteiger partial charge is 0.260 e. The van der Waals surface area contributed by atoms with Crippen LogP contribution < -0.4 is 10.5 Å². The fraction of sp³-hybridized carbons (Fsp3) is 0.346. The highest BCUT2D eigenvalue weighted by Crippen LogP contribution is 2.30. The van der Waals surface area contributed by atoms with Crippen molar-refractivity contribution in [3.8, 4) is 0 Å². The molecule has 1 amide bonds. The quantitative estimate of drug-likeness (QED) is 0.471. The lowest BCUT2D eigenvalue weighted by Crippen LogP contribution is -2.26. The van der Waals surface area contributed by atoms with Crippen LogP contribution in [-0.2, 0) is 6.54 Å². The monoisotopic (exact) mass is 417 g/mol. The van der Waals surface area contributed by atoms with E-state index in [1.54, 1.807) is 22.6 Å². The Bertz CT molecular complexity index is 1210. The van der Waals surface area contributed by atoms with Gasteiger partial charge in [-0.2, -0.15) is 0 Å². The lowest BCUT2D eigenvalue weighted by atomic mass is 9.97. The number of aryl methyl sites for hydroxylation is 1. The molecule has 3 rings (SSSR count). The first kappa shape index (κ1) is 22.5. The first-order valence-corrected chi connectivity index (χ1v) is 10.8. The van der Waals surface area contributed by atoms with E-state index in [2.05, 4.69) is 39.4 Å². The van der Waals surface area contributed by atoms with E-state index in [1.165, 1.54) is 0 Å². The average molecular weight is 418 g/mol. The normalized spacial score (nSPS) is 11.4. The fourth-order valence-corrected chi connectivity index (χ4v) is 3.93. The highest BCUT2D eigenvalue weighted by Gasteiger charge is 2.19. The summed E-state index contributed by atoms with van der Waals surface area (Å²) in [6.07, 6.45) is 0. The van der Waals surface area contributed by atoms with Crippen LogP contribution in [0.3, 0.4) is 0 Å². The van der Waals surface area contributed by atoms with Gasteiger partial charge in [-0.1, -0.05) is 33.8 Å². The van der Waals surface area contributed by atoms with Crippen molar-refractivity contribution in [1.29, 1.82) is 0 Å². The number of carbonyl (C=O) groups excluding carboxylic acids is 1. The number of aromatic nitrogens is 1. The van der Waals surface area contributed by atoms with E-state index in [-0.39, 0.29) is 17.4 Å². The van der Waals surface area contributed by atoms with Gasteiger partial charge >= 0.3 is 0 Å². The lowest BCUT2D eigenvalue weighted by Gasteiger charge is -2.21. The topological polar surface area (TPSA) is 54.7 Å². The van der Waals surface area contributed by atoms with Crippen LogP contribution in [0.15, 0.2) is 52.3 Å². The number of aliphatic imine (C=N–C) groups is 1. The molecule has 0 aliphatic heterocycles. The van der Waals surface area contributed by atoms with Crippen molar-refractivity contribution in [3.05, 3.63) is 69.5 Å². The first-order chi connectivity index (χ1) is 14.7. The molecule has 2 aromatic carbocycles. The van der Waals surface area contributed by atoms with Gasteiger partial charge in [0.2, 0.25) is 0 Å². The third-order valence-electron chi connectivity index (χ3n) is 5.85. The third kappa shape index (κ3) is 4.18. The van der Waals surface area contributed by atoms with Crippen LogP contribution in [0.25, 0.3) is 10.9 Å². The maximum Gasteiger partial charge on any atom is 0.260 e. The molecule has 3 aromatic rings. The van der Waals surface area contributed by atoms with Crippen LogP contribution in [-0.4, -0.2) is 24.2 Å². The van der Waals surface area contributed by atoms with E-state index in [0.29, 0.717) is 23.7 Å². The number of pyridine rings is 1. The number of benzene rings is 2. The van der Waals surface area contributed by atoms with Crippen molar-refractivity contribution < 1.29 is 4.79 Å². The Morgan fingerprint density at radius 3 is 2.35 bits per heavy atom. The zero-order valence-corrected chi connectivity index (χ0v) is 19.3. The number of hydrogen-bond donors (Lipinski definition) is 0. The second kappa shape index (κ2) is 8.88. The average Bonchev–Trinajstić information content (AvgIpc) is 2.76. The highest BCUT2D eigenvalue weighted by molar-refractivity contribution is 6.09. The summed E-state index contributed by atoms with van der Waals surface area (Å²) in [6, 6.07) is 13.3. The molecule has 0 saturated heterocycles. The van der Waals surface area contributed by atoms with Gasteiger partial charge in [-0.05, 0) is 66.9 Å². The summed E-state index contributed by atoms with van der Waals surface area (Å²) in [5, 5.41) is 0.992. The first-order valence-electron chi connectivity index (χ1n) is 10.8. The number of nitrogens with zero attached hydrogens (tertiary/aromatic N) is 3. The Labute approximate surface area is 184 Å². The Hall–Kier alpha value is -3.21. The summed E-state index contributed by atoms with van der Waals surface area (Å²) in [5.41, 5.74) is 4.87. The van der Waals surface area contributed by atoms with Gasteiger partial charge in [0.1, 0.15) is 0 Å². The van der Waals surface area contributed by atoms with E-state index in [9.17, 15) is 9.59 Å². The number of rotatable bonds is 6. The van der Waals surface area contributed by atoms with Gasteiger partial charge in [0.05, 0.1) is 16.8 Å². The summed E-state index contributed by atoms with van der Waals surface area (Å²) in [6.45, 7) is 14.6. The lowest BCUT2D eigenvalue weighted by molar-refractivity contribution is 0.0993. The maximum atomic E-state index is 13.3. The largest absolute Gasteiger partial charge is 0.311 e. The minimum absolute atomic E-state index is 0.00261. The Kier molecular flexibility index (Phi) is 6.44. The molecule has 162 valence electrons. The summed E-state index contributed by atoms with van der Waals surface area (Å²) in [7, 11) is 1.76. The van der Waals surface area contributed by atoms with Crippen molar-refractivity contribution in [2.45, 2.75) is 53.0 Å². The van der Waals surface area contributed by atoms with Crippen LogP contribution >= 0.6 is 0 Å². The predicted octanol–water partition coefficient (Wildman–Crippen LogP) is 5.88. The zero-order chi connectivity index (χ0) is 22.9. The number of fused-ring (bicyclic) bond motifs is 1. The molecule has 0 atom stereocenters. The molecule has 0 radical (unpaired) electrons. The molecule has 0 saturated carbocycles. The fourth-order valence-electron chi connectivity index (χ4n) is 3.93. The molecular formula is C26H31N3O2. The van der Waals surface area contributed by atoms with Crippen LogP contribution in [0.4, 0.5) is 11.4 Å². The highest BCUT2D eigenvalue weighted by atomic mass is 16.2. The van der Waals surface area contributed by atoms with Crippen LogP contribution in [0.5, 0.6) is 0 Å². The van der Waals surface area contributed by atoms with Crippen molar-refractivity contribution in [1.82, 2.24) is 4.57 Å². The van der Waals surface area contributed by atoms with E-state index >= 15 is 0 Å². The van der Waals surface area contributed by atoms with Crippen molar-refractivity contribution in [3.63, 3.8) is 0 Å². The van der Waals surface area contributed by atoms with Gasteiger partial charge in [0.25, 0.3) is 11.5 Å². The summed E-state index contributed by atoms with van der Waals surface area (Å²) < 4.78 is 1.76. The Balaban J connectivity index is 2.11. The predicted molar refractivity (Wildman–Crippen MR) is 130 cm³/mol. The molecule has 0 unspecified atom stereocenters. The molecular weight excluding hydrogens is 386 g/mol. The van der Waals surface area contributed by atoms with E-state index in [0.717, 1.165) is 27.7 Å². The van der Waals surface area contributed by atoms with Crippen molar-refractivity contribution >= 4 is 34.9 Å². The van der Waals surface area contributed by atoms with E-state index in [1.807, 2.05) is 43.3 Å². The Morgan fingerprint density at radius 2 is 1.77 bits per heavy atom. The number of hydrogen-bond acceptors (Lipinski definition) is 3. The molecule has 0 N–H and O–H groups in total. The molecule has 0 aliphatic rings. The molecule has 1 aromatic heterocycles. The molecule has 5 nitrogen and oxygen atoms in total. The van der Waals surface area contributed by atoms with Crippen LogP contribution in [0, 0.1) is 0 Å². The zero-order valence-electron chi connectivity index (χ0n) is 19.3. The SMILES string of the molecule is C=Nc1cc(C(C)C)ccc1C(=O)N(C)c1ccc2c(c1)c(C(C)C)cc(=O)n2CC. The number of anilines is 1. The second-order valence-corrected chi connectivity index (χ2v) is 8.49. The summed E-state index contributed by atoms with van der Waals surface area (Å²) in [5.74, 6) is 0.388.